The molecule has 9 heteroatoms. The Balaban J connectivity index is 1.34. The molecule has 2 aromatic heterocycles. The molecule has 0 amide bonds. The molecule has 0 bridgehead atoms. The van der Waals surface area contributed by atoms with Crippen LogP contribution in [0.5, 0.6) is 0 Å². The van der Waals surface area contributed by atoms with Gasteiger partial charge in [0.1, 0.15) is 5.82 Å². The first-order valence-corrected chi connectivity index (χ1v) is 9.60. The first-order chi connectivity index (χ1) is 14.1. The summed E-state index contributed by atoms with van der Waals surface area (Å²) in [7, 11) is 0. The molecule has 0 aliphatic heterocycles. The van der Waals surface area contributed by atoms with Crippen LogP contribution in [0.3, 0.4) is 0 Å². The number of halogens is 1. The van der Waals surface area contributed by atoms with Crippen molar-refractivity contribution >= 4 is 40.7 Å². The molecule has 0 unspecified atom stereocenters. The first kappa shape index (κ1) is 18.9. The zero-order chi connectivity index (χ0) is 20.2. The highest BCUT2D eigenvalue weighted by Crippen LogP contribution is 2.39. The number of anilines is 3. The maximum Gasteiger partial charge on any atom is 0.224 e. The highest BCUT2D eigenvalue weighted by molar-refractivity contribution is 6.30. The van der Waals surface area contributed by atoms with Crippen molar-refractivity contribution in [3.05, 3.63) is 65.0 Å². The second-order valence-electron chi connectivity index (χ2n) is 6.80. The van der Waals surface area contributed by atoms with Gasteiger partial charge in [-0.2, -0.15) is 10.1 Å². The number of hydrogen-bond acceptors (Lipinski definition) is 7. The Bertz CT molecular complexity index is 1040. The summed E-state index contributed by atoms with van der Waals surface area (Å²) in [6.45, 7) is 0.0198. The van der Waals surface area contributed by atoms with Crippen LogP contribution in [-0.2, 0) is 4.79 Å². The minimum atomic E-state index is -0.194. The van der Waals surface area contributed by atoms with E-state index in [4.69, 9.17) is 17.3 Å². The Hall–Kier alpha value is -3.39. The molecule has 0 atom stereocenters. The Kier molecular flexibility index (Phi) is 5.44. The molecular formula is C20H20ClN7O. The lowest BCUT2D eigenvalue weighted by atomic mass is 10.1. The molecule has 8 nitrogen and oxygen atoms in total. The zero-order valence-electron chi connectivity index (χ0n) is 15.5. The van der Waals surface area contributed by atoms with Gasteiger partial charge < -0.3 is 16.4 Å². The fraction of sp³-hybridized carbons (Fsp3) is 0.200. The number of nitrogens with zero attached hydrogens (tertiary/aromatic N) is 3. The van der Waals surface area contributed by atoms with Gasteiger partial charge in [0, 0.05) is 40.7 Å². The van der Waals surface area contributed by atoms with Crippen LogP contribution >= 0.6 is 11.6 Å². The molecule has 29 heavy (non-hydrogen) atoms. The van der Waals surface area contributed by atoms with Crippen molar-refractivity contribution in [2.75, 3.05) is 17.2 Å². The quantitative estimate of drug-likeness (QED) is 0.420. The van der Waals surface area contributed by atoms with Crippen LogP contribution < -0.4 is 16.4 Å². The number of hydrogen-bond donors (Lipinski definition) is 4. The van der Waals surface area contributed by atoms with Gasteiger partial charge in [0.15, 0.2) is 11.6 Å². The van der Waals surface area contributed by atoms with Gasteiger partial charge in [0.25, 0.3) is 0 Å². The third-order valence-corrected chi connectivity index (χ3v) is 4.69. The monoisotopic (exact) mass is 409 g/mol. The lowest BCUT2D eigenvalue weighted by Gasteiger charge is -2.06. The van der Waals surface area contributed by atoms with Crippen LogP contribution in [0.4, 0.5) is 17.6 Å². The lowest BCUT2D eigenvalue weighted by Crippen LogP contribution is -2.15. The van der Waals surface area contributed by atoms with Gasteiger partial charge >= 0.3 is 0 Å². The Morgan fingerprint density at radius 1 is 1.24 bits per heavy atom. The van der Waals surface area contributed by atoms with Gasteiger partial charge in [-0.05, 0) is 36.6 Å². The molecule has 1 aliphatic rings. The maximum absolute atomic E-state index is 12.2. The number of aromatic nitrogens is 4. The number of carbonyl (C=O) groups excluding carboxylic acids is 1. The Morgan fingerprint density at radius 2 is 2.03 bits per heavy atom. The number of benzene rings is 1. The van der Waals surface area contributed by atoms with Crippen molar-refractivity contribution in [1.29, 1.82) is 0 Å². The molecule has 0 radical (unpaired) electrons. The number of nitrogens with one attached hydrogen (secondary N) is 3. The summed E-state index contributed by atoms with van der Waals surface area (Å²) >= 11 is 5.86. The summed E-state index contributed by atoms with van der Waals surface area (Å²) in [4.78, 5) is 20.7. The van der Waals surface area contributed by atoms with E-state index >= 15 is 0 Å². The van der Waals surface area contributed by atoms with Crippen LogP contribution in [0.25, 0.3) is 5.70 Å². The molecule has 1 saturated carbocycles. The molecule has 1 aromatic carbocycles. The van der Waals surface area contributed by atoms with Gasteiger partial charge in [-0.1, -0.05) is 23.7 Å². The Morgan fingerprint density at radius 3 is 2.79 bits per heavy atom. The molecule has 3 aromatic rings. The van der Waals surface area contributed by atoms with Crippen molar-refractivity contribution in [3.8, 4) is 0 Å². The van der Waals surface area contributed by atoms with Crippen LogP contribution in [0.15, 0.2) is 48.7 Å². The van der Waals surface area contributed by atoms with Gasteiger partial charge in [0.05, 0.1) is 6.54 Å². The minimum absolute atomic E-state index is 0.0198. The van der Waals surface area contributed by atoms with E-state index in [-0.39, 0.29) is 12.3 Å². The highest BCUT2D eigenvalue weighted by Gasteiger charge is 2.25. The topological polar surface area (TPSA) is 122 Å². The van der Waals surface area contributed by atoms with E-state index in [2.05, 4.69) is 30.8 Å². The zero-order valence-corrected chi connectivity index (χ0v) is 16.3. The lowest BCUT2D eigenvalue weighted by molar-refractivity contribution is -0.113. The van der Waals surface area contributed by atoms with Gasteiger partial charge in [-0.25, -0.2) is 4.98 Å². The van der Waals surface area contributed by atoms with E-state index in [9.17, 15) is 4.79 Å². The molecule has 0 saturated heterocycles. The number of H-pyrrole nitrogens is 1. The van der Waals surface area contributed by atoms with E-state index in [1.165, 1.54) is 18.9 Å². The van der Waals surface area contributed by atoms with E-state index in [1.54, 1.807) is 36.5 Å². The predicted molar refractivity (Wildman–Crippen MR) is 113 cm³/mol. The SMILES string of the molecule is NC(=CC(=O)CNc1nccc(Nc2cc(C3CC3)[nH]n2)n1)c1ccc(Cl)cc1. The molecule has 1 aliphatic carbocycles. The molecule has 148 valence electrons. The maximum atomic E-state index is 12.2. The summed E-state index contributed by atoms with van der Waals surface area (Å²) in [5.41, 5.74) is 8.21. The molecular weight excluding hydrogens is 390 g/mol. The fourth-order valence-corrected chi connectivity index (χ4v) is 2.89. The summed E-state index contributed by atoms with van der Waals surface area (Å²) in [6, 6.07) is 10.7. The number of rotatable bonds is 8. The second kappa shape index (κ2) is 8.32. The van der Waals surface area contributed by atoms with E-state index in [1.807, 2.05) is 6.07 Å². The van der Waals surface area contributed by atoms with Crippen molar-refractivity contribution in [3.63, 3.8) is 0 Å². The smallest absolute Gasteiger partial charge is 0.224 e. The van der Waals surface area contributed by atoms with Crippen LogP contribution in [0.1, 0.15) is 30.0 Å². The number of carbonyl (C=O) groups is 1. The van der Waals surface area contributed by atoms with Gasteiger partial charge in [-0.3, -0.25) is 9.89 Å². The fourth-order valence-electron chi connectivity index (χ4n) is 2.77. The van der Waals surface area contributed by atoms with Crippen LogP contribution in [-0.4, -0.2) is 32.5 Å². The second-order valence-corrected chi connectivity index (χ2v) is 7.24. The van der Waals surface area contributed by atoms with Crippen molar-refractivity contribution in [1.82, 2.24) is 20.2 Å². The molecule has 0 spiro atoms. The summed E-state index contributed by atoms with van der Waals surface area (Å²) in [5, 5.41) is 13.9. The van der Waals surface area contributed by atoms with E-state index in [0.29, 0.717) is 34.2 Å². The highest BCUT2D eigenvalue weighted by atomic mass is 35.5. The third kappa shape index (κ3) is 5.11. The molecule has 4 rings (SSSR count). The minimum Gasteiger partial charge on any atom is -0.398 e. The Labute approximate surface area is 172 Å². The van der Waals surface area contributed by atoms with Gasteiger partial charge in [0.2, 0.25) is 5.95 Å². The van der Waals surface area contributed by atoms with Crippen molar-refractivity contribution < 1.29 is 4.79 Å². The number of ketones is 1. The largest absolute Gasteiger partial charge is 0.398 e. The normalized spacial score (nSPS) is 13.9. The van der Waals surface area contributed by atoms with Crippen LogP contribution in [0, 0.1) is 0 Å². The van der Waals surface area contributed by atoms with E-state index in [0.717, 1.165) is 11.3 Å². The predicted octanol–water partition coefficient (Wildman–Crippen LogP) is 3.45. The summed E-state index contributed by atoms with van der Waals surface area (Å²) in [6.07, 6.45) is 5.39. The summed E-state index contributed by atoms with van der Waals surface area (Å²) < 4.78 is 0. The number of aromatic amines is 1. The van der Waals surface area contributed by atoms with E-state index < -0.39 is 0 Å². The first-order valence-electron chi connectivity index (χ1n) is 9.22. The van der Waals surface area contributed by atoms with Crippen LogP contribution in [0.2, 0.25) is 5.02 Å². The molecule has 1 fully saturated rings. The average molecular weight is 410 g/mol. The average Bonchev–Trinajstić information content (AvgIpc) is 3.46. The molecule has 5 N–H and O–H groups in total. The molecule has 2 heterocycles. The number of nitrogens with two attached hydrogens (primary N) is 1. The van der Waals surface area contributed by atoms with Crippen molar-refractivity contribution in [2.45, 2.75) is 18.8 Å². The van der Waals surface area contributed by atoms with Crippen molar-refractivity contribution in [2.24, 2.45) is 5.73 Å². The third-order valence-electron chi connectivity index (χ3n) is 4.44. The standard InChI is InChI=1S/C20H20ClN7O/c21-14-5-3-12(4-6-14)16(22)9-15(29)11-24-20-23-8-7-18(26-20)25-19-10-17(27-28-19)13-1-2-13/h3-10,13H,1-2,11,22H2,(H3,23,24,25,26,27,28). The van der Waals surface area contributed by atoms with Gasteiger partial charge in [-0.15, -0.1) is 0 Å². The summed E-state index contributed by atoms with van der Waals surface area (Å²) in [5.74, 6) is 2.02.